The van der Waals surface area contributed by atoms with E-state index in [0.29, 0.717) is 0 Å². The molecule has 0 saturated heterocycles. The van der Waals surface area contributed by atoms with Crippen molar-refractivity contribution < 1.29 is 0 Å². The van der Waals surface area contributed by atoms with Gasteiger partial charge in [-0.25, -0.2) is 9.97 Å². The third-order valence-electron chi connectivity index (χ3n) is 3.28. The van der Waals surface area contributed by atoms with E-state index >= 15 is 0 Å². The van der Waals surface area contributed by atoms with Gasteiger partial charge in [0, 0.05) is 0 Å². The summed E-state index contributed by atoms with van der Waals surface area (Å²) in [7, 11) is 0. The van der Waals surface area contributed by atoms with Crippen LogP contribution in [0.1, 0.15) is 22.5 Å². The van der Waals surface area contributed by atoms with E-state index in [1.807, 2.05) is 91.0 Å². The van der Waals surface area contributed by atoms with E-state index in [9.17, 15) is 0 Å². The average Bonchev–Trinajstić information content (AvgIpc) is 2.60. The molecule has 0 radical (unpaired) electrons. The second-order valence-corrected chi connectivity index (χ2v) is 5.06. The maximum absolute atomic E-state index is 5.81. The summed E-state index contributed by atoms with van der Waals surface area (Å²) < 4.78 is 0. The van der Waals surface area contributed by atoms with Crippen LogP contribution in [0.5, 0.6) is 0 Å². The first kappa shape index (κ1) is 14.7. The summed E-state index contributed by atoms with van der Waals surface area (Å²) in [6.07, 6.45) is 7.89. The molecule has 3 nitrogen and oxygen atoms in total. The van der Waals surface area contributed by atoms with Crippen molar-refractivity contribution >= 4 is 30.3 Å². The van der Waals surface area contributed by atoms with Gasteiger partial charge in [0.2, 0.25) is 5.95 Å². The molecule has 2 aromatic carbocycles. The van der Waals surface area contributed by atoms with Crippen LogP contribution >= 0.6 is 0 Å². The van der Waals surface area contributed by atoms with Crippen LogP contribution in [0, 0.1) is 0 Å². The minimum atomic E-state index is 0.271. The number of nitrogens with two attached hydrogens (primary N) is 1. The fourth-order valence-corrected chi connectivity index (χ4v) is 2.17. The van der Waals surface area contributed by atoms with Crippen molar-refractivity contribution in [3.63, 3.8) is 0 Å². The number of nitrogen functional groups attached to an aromatic ring is 1. The van der Waals surface area contributed by atoms with Crippen LogP contribution in [-0.4, -0.2) is 9.97 Å². The van der Waals surface area contributed by atoms with Gasteiger partial charge in [0.1, 0.15) is 0 Å². The minimum absolute atomic E-state index is 0.271. The van der Waals surface area contributed by atoms with Gasteiger partial charge < -0.3 is 5.73 Å². The Morgan fingerprint density at radius 3 is 1.48 bits per heavy atom. The third-order valence-corrected chi connectivity index (χ3v) is 3.28. The molecule has 23 heavy (non-hydrogen) atoms. The number of benzene rings is 2. The Balaban J connectivity index is 1.82. The first-order valence-corrected chi connectivity index (χ1v) is 7.40. The van der Waals surface area contributed by atoms with Gasteiger partial charge in [-0.15, -0.1) is 0 Å². The summed E-state index contributed by atoms with van der Waals surface area (Å²) in [5.41, 5.74) is 9.61. The first-order chi connectivity index (χ1) is 11.3. The molecule has 112 valence electrons. The van der Waals surface area contributed by atoms with Crippen molar-refractivity contribution in [2.24, 2.45) is 0 Å². The Labute approximate surface area is 135 Å². The standard InChI is InChI=1S/C20H17N3/c21-20-22-18(13-11-16-7-3-1-4-8-16)15-19(23-20)14-12-17-9-5-2-6-10-17/h1-15H,(H2,21,22,23). The van der Waals surface area contributed by atoms with Crippen LogP contribution in [0.2, 0.25) is 0 Å². The lowest BCUT2D eigenvalue weighted by atomic mass is 10.2. The van der Waals surface area contributed by atoms with Gasteiger partial charge >= 0.3 is 0 Å². The maximum Gasteiger partial charge on any atom is 0.221 e. The highest BCUT2D eigenvalue weighted by atomic mass is 15.0. The Morgan fingerprint density at radius 2 is 1.04 bits per heavy atom. The molecule has 0 saturated carbocycles. The first-order valence-electron chi connectivity index (χ1n) is 7.40. The molecule has 0 amide bonds. The molecule has 0 spiro atoms. The molecule has 2 N–H and O–H groups in total. The zero-order valence-electron chi connectivity index (χ0n) is 12.6. The van der Waals surface area contributed by atoms with E-state index in [0.717, 1.165) is 22.5 Å². The highest BCUT2D eigenvalue weighted by Crippen LogP contribution is 2.11. The summed E-state index contributed by atoms with van der Waals surface area (Å²) in [5, 5.41) is 0. The molecule has 0 atom stereocenters. The molecular weight excluding hydrogens is 282 g/mol. The van der Waals surface area contributed by atoms with Crippen LogP contribution in [0.15, 0.2) is 66.7 Å². The number of aromatic nitrogens is 2. The normalized spacial score (nSPS) is 11.3. The molecule has 3 heteroatoms. The molecule has 0 aliphatic carbocycles. The summed E-state index contributed by atoms with van der Waals surface area (Å²) in [6, 6.07) is 22.1. The predicted octanol–water partition coefficient (Wildman–Crippen LogP) is 4.40. The SMILES string of the molecule is Nc1nc(C=Cc2ccccc2)cc(C=Cc2ccccc2)n1. The lowest BCUT2D eigenvalue weighted by molar-refractivity contribution is 1.15. The molecule has 0 aliphatic rings. The summed E-state index contributed by atoms with van der Waals surface area (Å²) in [6.45, 7) is 0. The minimum Gasteiger partial charge on any atom is -0.368 e. The molecule has 3 aromatic rings. The molecule has 0 unspecified atom stereocenters. The lowest BCUT2D eigenvalue weighted by Crippen LogP contribution is -1.98. The van der Waals surface area contributed by atoms with Crippen LogP contribution in [-0.2, 0) is 0 Å². The second-order valence-electron chi connectivity index (χ2n) is 5.06. The Morgan fingerprint density at radius 1 is 0.609 bits per heavy atom. The van der Waals surface area contributed by atoms with Gasteiger partial charge in [0.05, 0.1) is 11.4 Å². The molecule has 0 bridgehead atoms. The topological polar surface area (TPSA) is 51.8 Å². The van der Waals surface area contributed by atoms with Crippen molar-refractivity contribution in [2.75, 3.05) is 5.73 Å². The lowest BCUT2D eigenvalue weighted by Gasteiger charge is -1.99. The highest BCUT2D eigenvalue weighted by molar-refractivity contribution is 5.72. The Bertz CT molecular complexity index is 754. The van der Waals surface area contributed by atoms with Crippen molar-refractivity contribution in [1.29, 1.82) is 0 Å². The van der Waals surface area contributed by atoms with Crippen molar-refractivity contribution in [3.8, 4) is 0 Å². The van der Waals surface area contributed by atoms with Crippen LogP contribution in [0.3, 0.4) is 0 Å². The number of nitrogens with zero attached hydrogens (tertiary/aromatic N) is 2. The van der Waals surface area contributed by atoms with Gasteiger partial charge in [0.25, 0.3) is 0 Å². The molecule has 0 aliphatic heterocycles. The van der Waals surface area contributed by atoms with Gasteiger partial charge in [-0.05, 0) is 29.3 Å². The largest absolute Gasteiger partial charge is 0.368 e. The number of hydrogen-bond donors (Lipinski definition) is 1. The van der Waals surface area contributed by atoms with Gasteiger partial charge in [-0.3, -0.25) is 0 Å². The maximum atomic E-state index is 5.81. The van der Waals surface area contributed by atoms with Crippen LogP contribution in [0.4, 0.5) is 5.95 Å². The average molecular weight is 299 g/mol. The van der Waals surface area contributed by atoms with Gasteiger partial charge in [-0.2, -0.15) is 0 Å². The van der Waals surface area contributed by atoms with E-state index in [-0.39, 0.29) is 5.95 Å². The number of anilines is 1. The fourth-order valence-electron chi connectivity index (χ4n) is 2.17. The van der Waals surface area contributed by atoms with Crippen LogP contribution in [0.25, 0.3) is 24.3 Å². The van der Waals surface area contributed by atoms with Crippen molar-refractivity contribution in [3.05, 3.63) is 89.2 Å². The van der Waals surface area contributed by atoms with E-state index in [1.54, 1.807) is 0 Å². The monoisotopic (exact) mass is 299 g/mol. The highest BCUT2D eigenvalue weighted by Gasteiger charge is 1.98. The molecule has 1 aromatic heterocycles. The van der Waals surface area contributed by atoms with Crippen molar-refractivity contribution in [2.45, 2.75) is 0 Å². The number of rotatable bonds is 4. The smallest absolute Gasteiger partial charge is 0.221 e. The van der Waals surface area contributed by atoms with E-state index in [1.165, 1.54) is 0 Å². The quantitative estimate of drug-likeness (QED) is 0.777. The molecule has 1 heterocycles. The molecule has 3 rings (SSSR count). The Kier molecular flexibility index (Phi) is 4.60. The summed E-state index contributed by atoms with van der Waals surface area (Å²) >= 11 is 0. The van der Waals surface area contributed by atoms with Crippen molar-refractivity contribution in [1.82, 2.24) is 9.97 Å². The van der Waals surface area contributed by atoms with Gasteiger partial charge in [-0.1, -0.05) is 72.8 Å². The van der Waals surface area contributed by atoms with E-state index in [2.05, 4.69) is 9.97 Å². The van der Waals surface area contributed by atoms with Crippen LogP contribution < -0.4 is 5.73 Å². The molecule has 0 fully saturated rings. The third kappa shape index (κ3) is 4.38. The zero-order valence-corrected chi connectivity index (χ0v) is 12.6. The Hall–Kier alpha value is -3.20. The zero-order chi connectivity index (χ0) is 15.9. The molecular formula is C20H17N3. The summed E-state index contributed by atoms with van der Waals surface area (Å²) in [5.74, 6) is 0.271. The van der Waals surface area contributed by atoms with Gasteiger partial charge in [0.15, 0.2) is 0 Å². The summed E-state index contributed by atoms with van der Waals surface area (Å²) in [4.78, 5) is 8.50. The second kappa shape index (κ2) is 7.18. The number of hydrogen-bond acceptors (Lipinski definition) is 3. The van der Waals surface area contributed by atoms with E-state index < -0.39 is 0 Å². The van der Waals surface area contributed by atoms with E-state index in [4.69, 9.17) is 5.73 Å². The predicted molar refractivity (Wildman–Crippen MR) is 97.2 cm³/mol. The fraction of sp³-hybridized carbons (Fsp3) is 0.